The fraction of sp³-hybridized carbons (Fsp3) is 0.300. The van der Waals surface area contributed by atoms with E-state index in [-0.39, 0.29) is 0 Å². The lowest BCUT2D eigenvalue weighted by molar-refractivity contribution is 0.512. The Bertz CT molecular complexity index is 758. The van der Waals surface area contributed by atoms with E-state index in [1.165, 1.54) is 12.0 Å². The van der Waals surface area contributed by atoms with Crippen molar-refractivity contribution in [3.05, 3.63) is 68.7 Å². The van der Waals surface area contributed by atoms with Gasteiger partial charge in [0.05, 0.1) is 0 Å². The Labute approximate surface area is 157 Å². The Balaban J connectivity index is 1.61. The fourth-order valence-electron chi connectivity index (χ4n) is 2.80. The molecule has 1 unspecified atom stereocenters. The summed E-state index contributed by atoms with van der Waals surface area (Å²) in [5, 5.41) is 7.66. The van der Waals surface area contributed by atoms with Gasteiger partial charge < -0.3 is 10.6 Å². The van der Waals surface area contributed by atoms with Crippen molar-refractivity contribution >= 4 is 27.5 Å². The van der Waals surface area contributed by atoms with Crippen molar-refractivity contribution in [3.8, 4) is 11.8 Å². The molecule has 124 valence electrons. The van der Waals surface area contributed by atoms with Crippen molar-refractivity contribution in [2.75, 3.05) is 19.6 Å². The Morgan fingerprint density at radius 3 is 2.92 bits per heavy atom. The second-order valence-electron chi connectivity index (χ2n) is 6.06. The lowest BCUT2D eigenvalue weighted by Gasteiger charge is -2.10. The van der Waals surface area contributed by atoms with Gasteiger partial charge in [0.15, 0.2) is 0 Å². The summed E-state index contributed by atoms with van der Waals surface area (Å²) in [6.45, 7) is 4.24. The third-order valence-corrected chi connectivity index (χ3v) is 5.02. The minimum atomic E-state index is 0.706. The molecule has 0 aliphatic carbocycles. The zero-order chi connectivity index (χ0) is 16.8. The molecular formula is C20H20BrClN2. The summed E-state index contributed by atoms with van der Waals surface area (Å²) in [7, 11) is 0. The summed E-state index contributed by atoms with van der Waals surface area (Å²) in [6.07, 6.45) is 1.27. The van der Waals surface area contributed by atoms with Crippen molar-refractivity contribution < 1.29 is 0 Å². The fourth-order valence-corrected chi connectivity index (χ4v) is 3.58. The van der Waals surface area contributed by atoms with Crippen LogP contribution >= 0.6 is 27.5 Å². The first-order chi connectivity index (χ1) is 11.7. The van der Waals surface area contributed by atoms with Gasteiger partial charge >= 0.3 is 0 Å². The maximum absolute atomic E-state index is 5.96. The molecule has 1 aliphatic rings. The van der Waals surface area contributed by atoms with Crippen LogP contribution in [-0.4, -0.2) is 19.6 Å². The van der Waals surface area contributed by atoms with E-state index >= 15 is 0 Å². The molecule has 1 saturated heterocycles. The molecule has 3 rings (SSSR count). The third kappa shape index (κ3) is 5.09. The highest BCUT2D eigenvalue weighted by Crippen LogP contribution is 2.20. The maximum atomic E-state index is 5.96. The Morgan fingerprint density at radius 1 is 1.21 bits per heavy atom. The lowest BCUT2D eigenvalue weighted by atomic mass is 10.1. The highest BCUT2D eigenvalue weighted by atomic mass is 79.9. The summed E-state index contributed by atoms with van der Waals surface area (Å²) in [6, 6.07) is 14.1. The van der Waals surface area contributed by atoms with E-state index in [0.29, 0.717) is 5.02 Å². The number of halogens is 2. The predicted octanol–water partition coefficient (Wildman–Crippen LogP) is 4.20. The lowest BCUT2D eigenvalue weighted by Crippen LogP contribution is -2.24. The minimum Gasteiger partial charge on any atom is -0.316 e. The van der Waals surface area contributed by atoms with E-state index in [4.69, 9.17) is 11.6 Å². The van der Waals surface area contributed by atoms with E-state index in [1.807, 2.05) is 24.3 Å². The van der Waals surface area contributed by atoms with Crippen LogP contribution in [-0.2, 0) is 6.54 Å². The molecule has 2 aromatic rings. The van der Waals surface area contributed by atoms with Crippen LogP contribution in [0.25, 0.3) is 0 Å². The summed E-state index contributed by atoms with van der Waals surface area (Å²) >= 11 is 9.46. The summed E-state index contributed by atoms with van der Waals surface area (Å²) in [5.74, 6) is 7.19. The Hall–Kier alpha value is -1.31. The van der Waals surface area contributed by atoms with Gasteiger partial charge in [0.25, 0.3) is 0 Å². The van der Waals surface area contributed by atoms with Crippen molar-refractivity contribution in [1.82, 2.24) is 10.6 Å². The predicted molar refractivity (Wildman–Crippen MR) is 104 cm³/mol. The normalized spacial score (nSPS) is 16.7. The van der Waals surface area contributed by atoms with Gasteiger partial charge in [-0.1, -0.05) is 35.6 Å². The Kier molecular flexibility index (Phi) is 6.34. The van der Waals surface area contributed by atoms with E-state index in [1.54, 1.807) is 0 Å². The number of hydrogen-bond donors (Lipinski definition) is 2. The van der Waals surface area contributed by atoms with Crippen molar-refractivity contribution in [2.24, 2.45) is 5.92 Å². The van der Waals surface area contributed by atoms with Crippen LogP contribution in [0.1, 0.15) is 23.1 Å². The molecule has 4 heteroatoms. The number of rotatable bonds is 4. The van der Waals surface area contributed by atoms with Crippen molar-refractivity contribution in [1.29, 1.82) is 0 Å². The molecule has 0 saturated carbocycles. The van der Waals surface area contributed by atoms with Gasteiger partial charge in [-0.3, -0.25) is 0 Å². The van der Waals surface area contributed by atoms with Crippen LogP contribution in [0.15, 0.2) is 46.9 Å². The molecular weight excluding hydrogens is 384 g/mol. The molecule has 0 spiro atoms. The average Bonchev–Trinajstić information content (AvgIpc) is 3.08. The Morgan fingerprint density at radius 2 is 2.12 bits per heavy atom. The van der Waals surface area contributed by atoms with Crippen molar-refractivity contribution in [3.63, 3.8) is 0 Å². The van der Waals surface area contributed by atoms with Gasteiger partial charge in [-0.15, -0.1) is 0 Å². The maximum Gasteiger partial charge on any atom is 0.0418 e. The average molecular weight is 404 g/mol. The second kappa shape index (κ2) is 8.69. The molecule has 2 aromatic carbocycles. The van der Waals surface area contributed by atoms with Gasteiger partial charge in [-0.2, -0.15) is 0 Å². The zero-order valence-corrected chi connectivity index (χ0v) is 15.8. The first-order valence-corrected chi connectivity index (χ1v) is 9.35. The molecule has 1 fully saturated rings. The van der Waals surface area contributed by atoms with Gasteiger partial charge in [0, 0.05) is 27.2 Å². The van der Waals surface area contributed by atoms with E-state index < -0.39 is 0 Å². The van der Waals surface area contributed by atoms with Gasteiger partial charge in [0.2, 0.25) is 0 Å². The first-order valence-electron chi connectivity index (χ1n) is 8.18. The molecule has 0 amide bonds. The standard InChI is InChI=1S/C20H20BrClN2/c21-20-11-19(22)7-6-18(20)5-4-15-2-1-3-16(10-15)12-24-14-17-8-9-23-13-17/h1-3,6-7,10-11,17,23-24H,8-9,12-14H2. The molecule has 1 atom stereocenters. The zero-order valence-electron chi connectivity index (χ0n) is 13.4. The highest BCUT2D eigenvalue weighted by Gasteiger charge is 2.13. The molecule has 1 heterocycles. The largest absolute Gasteiger partial charge is 0.316 e. The summed E-state index contributed by atoms with van der Waals surface area (Å²) in [5.41, 5.74) is 3.23. The smallest absolute Gasteiger partial charge is 0.0418 e. The van der Waals surface area contributed by atoms with Gasteiger partial charge in [0.1, 0.15) is 0 Å². The monoisotopic (exact) mass is 402 g/mol. The van der Waals surface area contributed by atoms with E-state index in [9.17, 15) is 0 Å². The van der Waals surface area contributed by atoms with Crippen LogP contribution in [0.3, 0.4) is 0 Å². The van der Waals surface area contributed by atoms with Crippen LogP contribution in [0.2, 0.25) is 5.02 Å². The van der Waals surface area contributed by atoms with Gasteiger partial charge in [-0.25, -0.2) is 0 Å². The van der Waals surface area contributed by atoms with E-state index in [0.717, 1.165) is 47.7 Å². The molecule has 1 aliphatic heterocycles. The van der Waals surface area contributed by atoms with E-state index in [2.05, 4.69) is 56.6 Å². The molecule has 0 radical (unpaired) electrons. The molecule has 2 nitrogen and oxygen atoms in total. The molecule has 0 bridgehead atoms. The number of benzene rings is 2. The topological polar surface area (TPSA) is 24.1 Å². The highest BCUT2D eigenvalue weighted by molar-refractivity contribution is 9.10. The van der Waals surface area contributed by atoms with Gasteiger partial charge in [-0.05, 0) is 83.8 Å². The molecule has 0 aromatic heterocycles. The first kappa shape index (κ1) is 17.5. The number of hydrogen-bond acceptors (Lipinski definition) is 2. The summed E-state index contributed by atoms with van der Waals surface area (Å²) < 4.78 is 0.922. The minimum absolute atomic E-state index is 0.706. The van der Waals surface area contributed by atoms with Crippen molar-refractivity contribution in [2.45, 2.75) is 13.0 Å². The van der Waals surface area contributed by atoms with Crippen LogP contribution in [0.4, 0.5) is 0 Å². The molecule has 24 heavy (non-hydrogen) atoms. The van der Waals surface area contributed by atoms with Crippen LogP contribution in [0, 0.1) is 17.8 Å². The third-order valence-electron chi connectivity index (χ3n) is 4.12. The van der Waals surface area contributed by atoms with Crippen LogP contribution < -0.4 is 10.6 Å². The second-order valence-corrected chi connectivity index (χ2v) is 7.36. The SMILES string of the molecule is Clc1ccc(C#Cc2cccc(CNCC3CCNC3)c2)c(Br)c1. The summed E-state index contributed by atoms with van der Waals surface area (Å²) in [4.78, 5) is 0. The molecule has 2 N–H and O–H groups in total. The quantitative estimate of drug-likeness (QED) is 0.748. The number of nitrogens with one attached hydrogen (secondary N) is 2. The van der Waals surface area contributed by atoms with Crippen LogP contribution in [0.5, 0.6) is 0 Å².